The number of hydrogen-bond donors (Lipinski definition) is 3. The summed E-state index contributed by atoms with van der Waals surface area (Å²) >= 11 is 1.60. The van der Waals surface area contributed by atoms with Gasteiger partial charge in [0.05, 0.1) is 6.04 Å². The van der Waals surface area contributed by atoms with Crippen LogP contribution in [0.1, 0.15) is 37.1 Å². The second-order valence-corrected chi connectivity index (χ2v) is 5.61. The minimum absolute atomic E-state index is 0.0182. The van der Waals surface area contributed by atoms with Gasteiger partial charge in [0, 0.05) is 4.88 Å². The smallest absolute Gasteiger partial charge is 0.234 e. The van der Waals surface area contributed by atoms with Crippen molar-refractivity contribution in [1.82, 2.24) is 5.32 Å². The Morgan fingerprint density at radius 1 is 1.67 bits per heavy atom. The molecule has 98 valence electrons. The summed E-state index contributed by atoms with van der Waals surface area (Å²) < 4.78 is 0. The number of carbonyl (C=O) groups excluding carboxylic acids is 1. The molecule has 1 fully saturated rings. The highest BCUT2D eigenvalue weighted by atomic mass is 32.1. The largest absolute Gasteiger partial charge is 0.409 e. The Morgan fingerprint density at radius 2 is 2.39 bits per heavy atom. The first kappa shape index (κ1) is 12.9. The predicted octanol–water partition coefficient (Wildman–Crippen LogP) is 1.84. The number of hydrogen-bond acceptors (Lipinski definition) is 4. The van der Waals surface area contributed by atoms with Crippen LogP contribution in [0.15, 0.2) is 22.7 Å². The second-order valence-electron chi connectivity index (χ2n) is 4.63. The van der Waals surface area contributed by atoms with Gasteiger partial charge in [0.2, 0.25) is 5.91 Å². The van der Waals surface area contributed by atoms with Crippen LogP contribution in [0.4, 0.5) is 0 Å². The normalized spacial score (nSPS) is 19.9. The zero-order chi connectivity index (χ0) is 13.2. The molecule has 0 aromatic carbocycles. The molecule has 1 aliphatic rings. The lowest BCUT2D eigenvalue weighted by Crippen LogP contribution is -2.54. The molecule has 0 bridgehead atoms. The van der Waals surface area contributed by atoms with Crippen molar-refractivity contribution in [3.05, 3.63) is 22.4 Å². The summed E-state index contributed by atoms with van der Waals surface area (Å²) in [6.07, 6.45) is 2.22. The Bertz CT molecular complexity index is 452. The number of amides is 1. The third kappa shape index (κ3) is 2.08. The minimum atomic E-state index is -0.805. The van der Waals surface area contributed by atoms with Gasteiger partial charge in [0.1, 0.15) is 5.41 Å². The van der Waals surface area contributed by atoms with Crippen molar-refractivity contribution >= 4 is 23.1 Å². The fraction of sp³-hybridized carbons (Fsp3) is 0.500. The maximum Gasteiger partial charge on any atom is 0.234 e. The van der Waals surface area contributed by atoms with Gasteiger partial charge in [0.25, 0.3) is 0 Å². The molecule has 1 atom stereocenters. The third-order valence-corrected chi connectivity index (χ3v) is 4.61. The number of amidine groups is 1. The summed E-state index contributed by atoms with van der Waals surface area (Å²) in [5.74, 6) is -0.130. The molecule has 1 aromatic rings. The van der Waals surface area contributed by atoms with Gasteiger partial charge in [-0.3, -0.25) is 4.79 Å². The lowest BCUT2D eigenvalue weighted by Gasteiger charge is -2.39. The molecule has 2 rings (SSSR count). The maximum absolute atomic E-state index is 12.3. The lowest BCUT2D eigenvalue weighted by molar-refractivity contribution is -0.131. The van der Waals surface area contributed by atoms with Crippen LogP contribution < -0.4 is 11.1 Å². The Balaban J connectivity index is 2.07. The summed E-state index contributed by atoms with van der Waals surface area (Å²) in [7, 11) is 0. The second kappa shape index (κ2) is 4.97. The standard InChI is InChI=1S/C12H17N3O2S/c1-8(9-4-2-7-18-9)14-11(16)12(5-3-6-12)10(13)15-17/h2,4,7-8,17H,3,5-6H2,1H3,(H2,13,15)(H,14,16). The number of carbonyl (C=O) groups is 1. The van der Waals surface area contributed by atoms with Crippen LogP contribution in [0.3, 0.4) is 0 Å². The minimum Gasteiger partial charge on any atom is -0.409 e. The summed E-state index contributed by atoms with van der Waals surface area (Å²) in [6, 6.07) is 3.87. The van der Waals surface area contributed by atoms with E-state index in [0.29, 0.717) is 12.8 Å². The van der Waals surface area contributed by atoms with E-state index in [1.54, 1.807) is 11.3 Å². The number of thiophene rings is 1. The summed E-state index contributed by atoms with van der Waals surface area (Å²) in [6.45, 7) is 1.93. The fourth-order valence-electron chi connectivity index (χ4n) is 2.17. The SMILES string of the molecule is CC(NC(=O)C1(/C(N)=N/O)CCC1)c1cccs1. The molecule has 0 aliphatic heterocycles. The molecule has 6 heteroatoms. The summed E-state index contributed by atoms with van der Waals surface area (Å²) in [4.78, 5) is 13.4. The van der Waals surface area contributed by atoms with Crippen LogP contribution in [-0.2, 0) is 4.79 Å². The molecule has 1 amide bonds. The van der Waals surface area contributed by atoms with E-state index in [-0.39, 0.29) is 17.8 Å². The molecule has 1 heterocycles. The van der Waals surface area contributed by atoms with Crippen molar-refractivity contribution in [2.24, 2.45) is 16.3 Å². The lowest BCUT2D eigenvalue weighted by atomic mass is 9.67. The molecule has 1 unspecified atom stereocenters. The van der Waals surface area contributed by atoms with Gasteiger partial charge in [-0.1, -0.05) is 17.6 Å². The van der Waals surface area contributed by atoms with Crippen LogP contribution in [0.5, 0.6) is 0 Å². The van der Waals surface area contributed by atoms with E-state index in [9.17, 15) is 4.79 Å². The first-order valence-electron chi connectivity index (χ1n) is 5.92. The fourth-order valence-corrected chi connectivity index (χ4v) is 2.90. The molecule has 4 N–H and O–H groups in total. The van der Waals surface area contributed by atoms with Crippen LogP contribution in [0, 0.1) is 5.41 Å². The zero-order valence-electron chi connectivity index (χ0n) is 10.2. The highest BCUT2D eigenvalue weighted by Gasteiger charge is 2.48. The van der Waals surface area contributed by atoms with Gasteiger partial charge in [0.15, 0.2) is 5.84 Å². The highest BCUT2D eigenvalue weighted by Crippen LogP contribution is 2.41. The van der Waals surface area contributed by atoms with Crippen molar-refractivity contribution < 1.29 is 10.0 Å². The van der Waals surface area contributed by atoms with E-state index >= 15 is 0 Å². The monoisotopic (exact) mass is 267 g/mol. The number of rotatable bonds is 4. The van der Waals surface area contributed by atoms with Gasteiger partial charge in [-0.15, -0.1) is 11.3 Å². The molecular formula is C12H17N3O2S. The van der Waals surface area contributed by atoms with Crippen LogP contribution in [0.25, 0.3) is 0 Å². The van der Waals surface area contributed by atoms with Gasteiger partial charge in [-0.05, 0) is 31.2 Å². The first-order chi connectivity index (χ1) is 8.60. The Morgan fingerprint density at radius 3 is 2.83 bits per heavy atom. The quantitative estimate of drug-likeness (QED) is 0.336. The molecular weight excluding hydrogens is 250 g/mol. The zero-order valence-corrected chi connectivity index (χ0v) is 11.0. The third-order valence-electron chi connectivity index (χ3n) is 3.56. The van der Waals surface area contributed by atoms with Crippen molar-refractivity contribution in [3.8, 4) is 0 Å². The van der Waals surface area contributed by atoms with Crippen LogP contribution >= 0.6 is 11.3 Å². The predicted molar refractivity (Wildman–Crippen MR) is 70.6 cm³/mol. The Hall–Kier alpha value is -1.56. The molecule has 1 aromatic heterocycles. The van der Waals surface area contributed by atoms with E-state index in [4.69, 9.17) is 10.9 Å². The molecule has 0 spiro atoms. The molecule has 1 aliphatic carbocycles. The highest BCUT2D eigenvalue weighted by molar-refractivity contribution is 7.10. The number of nitrogens with zero attached hydrogens (tertiary/aromatic N) is 1. The molecule has 1 saturated carbocycles. The van der Waals surface area contributed by atoms with Crippen LogP contribution in [0.2, 0.25) is 0 Å². The van der Waals surface area contributed by atoms with Gasteiger partial charge >= 0.3 is 0 Å². The number of nitrogens with two attached hydrogens (primary N) is 1. The van der Waals surface area contributed by atoms with Crippen molar-refractivity contribution in [2.45, 2.75) is 32.2 Å². The molecule has 5 nitrogen and oxygen atoms in total. The van der Waals surface area contributed by atoms with E-state index < -0.39 is 5.41 Å². The first-order valence-corrected chi connectivity index (χ1v) is 6.80. The average Bonchev–Trinajstić information content (AvgIpc) is 2.80. The number of oxime groups is 1. The van der Waals surface area contributed by atoms with Crippen molar-refractivity contribution in [3.63, 3.8) is 0 Å². The number of nitrogens with one attached hydrogen (secondary N) is 1. The van der Waals surface area contributed by atoms with Gasteiger partial charge in [-0.2, -0.15) is 0 Å². The average molecular weight is 267 g/mol. The van der Waals surface area contributed by atoms with Gasteiger partial charge in [-0.25, -0.2) is 0 Å². The summed E-state index contributed by atoms with van der Waals surface area (Å²) in [5.41, 5.74) is 4.85. The molecule has 18 heavy (non-hydrogen) atoms. The van der Waals surface area contributed by atoms with Crippen molar-refractivity contribution in [2.75, 3.05) is 0 Å². The Kier molecular flexibility index (Phi) is 3.56. The van der Waals surface area contributed by atoms with E-state index in [2.05, 4.69) is 10.5 Å². The molecule has 0 saturated heterocycles. The van der Waals surface area contributed by atoms with Crippen molar-refractivity contribution in [1.29, 1.82) is 0 Å². The van der Waals surface area contributed by atoms with E-state index in [1.165, 1.54) is 0 Å². The van der Waals surface area contributed by atoms with E-state index in [0.717, 1.165) is 11.3 Å². The summed E-state index contributed by atoms with van der Waals surface area (Å²) in [5, 5.41) is 16.7. The van der Waals surface area contributed by atoms with Gasteiger partial charge < -0.3 is 16.3 Å². The topological polar surface area (TPSA) is 87.7 Å². The van der Waals surface area contributed by atoms with E-state index in [1.807, 2.05) is 24.4 Å². The molecule has 0 radical (unpaired) electrons. The maximum atomic E-state index is 12.3. The van der Waals surface area contributed by atoms with Crippen LogP contribution in [-0.4, -0.2) is 17.0 Å². The Labute approximate surface area is 110 Å².